The Balaban J connectivity index is 1.31. The van der Waals surface area contributed by atoms with Crippen LogP contribution in [0.5, 0.6) is 5.75 Å². The molecular weight excluding hydrogens is 422 g/mol. The first-order valence-corrected chi connectivity index (χ1v) is 10.8. The lowest BCUT2D eigenvalue weighted by Crippen LogP contribution is -2.56. The van der Waals surface area contributed by atoms with Crippen LogP contribution in [0, 0.1) is 0 Å². The van der Waals surface area contributed by atoms with Gasteiger partial charge in [-0.1, -0.05) is 17.3 Å². The lowest BCUT2D eigenvalue weighted by Gasteiger charge is -2.37. The molecule has 1 aliphatic rings. The first-order chi connectivity index (χ1) is 15.0. The molecule has 0 atom stereocenters. The van der Waals surface area contributed by atoms with E-state index >= 15 is 0 Å². The Kier molecular flexibility index (Phi) is 4.71. The molecule has 1 aromatic carbocycles. The van der Waals surface area contributed by atoms with Crippen LogP contribution in [-0.4, -0.2) is 61.6 Å². The smallest absolute Gasteiger partial charge is 0.262 e. The van der Waals surface area contributed by atoms with Gasteiger partial charge in [0, 0.05) is 25.6 Å². The van der Waals surface area contributed by atoms with E-state index in [4.69, 9.17) is 9.26 Å². The number of aryl methyl sites for hydroxylation is 1. The van der Waals surface area contributed by atoms with Gasteiger partial charge in [0.1, 0.15) is 17.5 Å². The van der Waals surface area contributed by atoms with Crippen molar-refractivity contribution in [3.05, 3.63) is 55.4 Å². The number of imidazole rings is 1. The maximum absolute atomic E-state index is 12.6. The third-order valence-electron chi connectivity index (χ3n) is 4.73. The fraction of sp³-hybridized carbons (Fsp3) is 0.211. The second-order valence-corrected chi connectivity index (χ2v) is 8.83. The van der Waals surface area contributed by atoms with Gasteiger partial charge in [-0.2, -0.15) is 9.29 Å². The van der Waals surface area contributed by atoms with E-state index in [0.29, 0.717) is 22.8 Å². The molecule has 0 N–H and O–H groups in total. The number of benzene rings is 1. The van der Waals surface area contributed by atoms with Crippen molar-refractivity contribution in [3.8, 4) is 28.7 Å². The third-order valence-corrected chi connectivity index (χ3v) is 6.45. The average molecular weight is 439 g/mol. The molecule has 0 amide bonds. The lowest BCUT2D eigenvalue weighted by molar-refractivity contribution is 0.0764. The van der Waals surface area contributed by atoms with Crippen molar-refractivity contribution in [3.63, 3.8) is 0 Å². The molecular formula is C19H17N7O4S. The fourth-order valence-electron chi connectivity index (χ4n) is 3.10. The van der Waals surface area contributed by atoms with Crippen LogP contribution in [0.25, 0.3) is 23.0 Å². The summed E-state index contributed by atoms with van der Waals surface area (Å²) >= 11 is 0. The molecule has 0 bridgehead atoms. The Morgan fingerprint density at radius 3 is 2.74 bits per heavy atom. The summed E-state index contributed by atoms with van der Waals surface area (Å²) in [5.41, 5.74) is 1.10. The standard InChI is InChI=1S/C19H17N7O4S/c1-25-11-17(22-12-25)31(27,28)26-9-13(10-26)29-16-5-3-2-4-14(16)19-23-18(24-30-19)15-8-20-6-7-21-15/h2-8,11-13H,9-10H2,1H3. The highest BCUT2D eigenvalue weighted by atomic mass is 32.2. The average Bonchev–Trinajstić information content (AvgIpc) is 3.41. The van der Waals surface area contributed by atoms with Gasteiger partial charge in [-0.05, 0) is 12.1 Å². The fourth-order valence-corrected chi connectivity index (χ4v) is 4.57. The van der Waals surface area contributed by atoms with E-state index in [1.54, 1.807) is 42.3 Å². The SMILES string of the molecule is Cn1cnc(S(=O)(=O)N2CC(Oc3ccccc3-c3nc(-c4cnccn4)no3)C2)c1. The third kappa shape index (κ3) is 3.66. The molecule has 1 aliphatic heterocycles. The highest BCUT2D eigenvalue weighted by Gasteiger charge is 2.39. The van der Waals surface area contributed by atoms with Crippen molar-refractivity contribution >= 4 is 10.0 Å². The number of rotatable bonds is 6. The number of hydrogen-bond acceptors (Lipinski definition) is 9. The van der Waals surface area contributed by atoms with Crippen LogP contribution < -0.4 is 4.74 Å². The molecule has 3 aromatic heterocycles. The van der Waals surface area contributed by atoms with Crippen LogP contribution >= 0.6 is 0 Å². The summed E-state index contributed by atoms with van der Waals surface area (Å²) in [6, 6.07) is 7.22. The second kappa shape index (κ2) is 7.56. The van der Waals surface area contributed by atoms with Gasteiger partial charge in [0.25, 0.3) is 15.9 Å². The van der Waals surface area contributed by atoms with Crippen molar-refractivity contribution in [1.29, 1.82) is 0 Å². The minimum Gasteiger partial charge on any atom is -0.487 e. The summed E-state index contributed by atoms with van der Waals surface area (Å²) in [7, 11) is -1.91. The molecule has 0 radical (unpaired) electrons. The van der Waals surface area contributed by atoms with Crippen LogP contribution in [0.1, 0.15) is 0 Å². The van der Waals surface area contributed by atoms with Gasteiger partial charge in [0.15, 0.2) is 5.03 Å². The van der Waals surface area contributed by atoms with Crippen LogP contribution in [0.4, 0.5) is 0 Å². The zero-order chi connectivity index (χ0) is 21.4. The van der Waals surface area contributed by atoms with Crippen molar-refractivity contribution in [1.82, 2.24) is 34.0 Å². The summed E-state index contributed by atoms with van der Waals surface area (Å²) in [5.74, 6) is 1.11. The molecule has 158 valence electrons. The summed E-state index contributed by atoms with van der Waals surface area (Å²) in [4.78, 5) is 16.5. The van der Waals surface area contributed by atoms with E-state index in [1.807, 2.05) is 12.1 Å². The van der Waals surface area contributed by atoms with E-state index in [9.17, 15) is 8.42 Å². The Bertz CT molecular complexity index is 1310. The van der Waals surface area contributed by atoms with Gasteiger partial charge < -0.3 is 13.8 Å². The summed E-state index contributed by atoms with van der Waals surface area (Å²) in [5, 5.41) is 3.98. The number of hydrogen-bond donors (Lipinski definition) is 0. The molecule has 1 fully saturated rings. The van der Waals surface area contributed by atoms with Crippen molar-refractivity contribution in [2.45, 2.75) is 11.1 Å². The molecule has 0 saturated carbocycles. The maximum Gasteiger partial charge on any atom is 0.262 e. The van der Waals surface area contributed by atoms with E-state index < -0.39 is 10.0 Å². The van der Waals surface area contributed by atoms with Gasteiger partial charge in [-0.15, -0.1) is 0 Å². The monoisotopic (exact) mass is 439 g/mol. The predicted octanol–water partition coefficient (Wildman–Crippen LogP) is 1.38. The molecule has 5 rings (SSSR count). The Hall–Kier alpha value is -3.64. The van der Waals surface area contributed by atoms with Gasteiger partial charge in [-0.25, -0.2) is 18.4 Å². The number of sulfonamides is 1. The highest BCUT2D eigenvalue weighted by molar-refractivity contribution is 7.89. The molecule has 1 saturated heterocycles. The molecule has 31 heavy (non-hydrogen) atoms. The normalized spacial score (nSPS) is 15.0. The highest BCUT2D eigenvalue weighted by Crippen LogP contribution is 2.32. The number of aromatic nitrogens is 6. The predicted molar refractivity (Wildman–Crippen MR) is 107 cm³/mol. The first kappa shape index (κ1) is 19.3. The van der Waals surface area contributed by atoms with E-state index in [-0.39, 0.29) is 30.1 Å². The zero-order valence-electron chi connectivity index (χ0n) is 16.4. The number of para-hydroxylation sites is 1. The van der Waals surface area contributed by atoms with E-state index in [2.05, 4.69) is 25.1 Å². The van der Waals surface area contributed by atoms with Crippen LogP contribution in [0.2, 0.25) is 0 Å². The molecule has 12 heteroatoms. The number of nitrogens with zero attached hydrogens (tertiary/aromatic N) is 7. The van der Waals surface area contributed by atoms with Crippen LogP contribution in [0.3, 0.4) is 0 Å². The van der Waals surface area contributed by atoms with Gasteiger partial charge in [0.2, 0.25) is 5.82 Å². The molecule has 0 aliphatic carbocycles. The first-order valence-electron chi connectivity index (χ1n) is 9.35. The molecule has 4 aromatic rings. The van der Waals surface area contributed by atoms with Crippen LogP contribution in [0.15, 0.2) is 64.9 Å². The largest absolute Gasteiger partial charge is 0.487 e. The Morgan fingerprint density at radius 1 is 1.16 bits per heavy atom. The summed E-state index contributed by atoms with van der Waals surface area (Å²) in [6.45, 7) is 0.448. The van der Waals surface area contributed by atoms with Crippen molar-refractivity contribution in [2.24, 2.45) is 7.05 Å². The minimum absolute atomic E-state index is 0.0243. The van der Waals surface area contributed by atoms with Gasteiger partial charge in [0.05, 0.1) is 31.2 Å². The minimum atomic E-state index is -3.63. The maximum atomic E-state index is 12.6. The molecule has 0 unspecified atom stereocenters. The number of ether oxygens (including phenoxy) is 1. The topological polar surface area (TPSA) is 129 Å². The summed E-state index contributed by atoms with van der Waals surface area (Å²) in [6.07, 6.45) is 7.27. The van der Waals surface area contributed by atoms with Gasteiger partial charge >= 0.3 is 0 Å². The van der Waals surface area contributed by atoms with Crippen molar-refractivity contribution in [2.75, 3.05) is 13.1 Å². The lowest BCUT2D eigenvalue weighted by atomic mass is 10.2. The summed E-state index contributed by atoms with van der Waals surface area (Å²) < 4.78 is 39.6. The molecule has 11 nitrogen and oxygen atoms in total. The van der Waals surface area contributed by atoms with Crippen LogP contribution in [-0.2, 0) is 17.1 Å². The zero-order valence-corrected chi connectivity index (χ0v) is 17.2. The quantitative estimate of drug-likeness (QED) is 0.437. The van der Waals surface area contributed by atoms with E-state index in [1.165, 1.54) is 16.8 Å². The molecule has 0 spiro atoms. The molecule has 4 heterocycles. The van der Waals surface area contributed by atoms with E-state index in [0.717, 1.165) is 0 Å². The second-order valence-electron chi connectivity index (χ2n) is 6.95. The Morgan fingerprint density at radius 2 is 2.00 bits per heavy atom. The van der Waals surface area contributed by atoms with Crippen molar-refractivity contribution < 1.29 is 17.7 Å². The Labute approximate surface area is 177 Å². The van der Waals surface area contributed by atoms with Gasteiger partial charge in [-0.3, -0.25) is 4.98 Å².